The lowest BCUT2D eigenvalue weighted by atomic mass is 9.99. The van der Waals surface area contributed by atoms with Crippen molar-refractivity contribution >= 4 is 16.8 Å². The molecule has 0 saturated carbocycles. The number of rotatable bonds is 9. The van der Waals surface area contributed by atoms with Crippen molar-refractivity contribution in [1.29, 1.82) is 5.26 Å². The number of aromatic amines is 1. The minimum atomic E-state index is -0.449. The van der Waals surface area contributed by atoms with Crippen LogP contribution in [0.2, 0.25) is 0 Å². The SMILES string of the molecule is CCOc1ccc(-c2ccc(CC#N)cc2)cc1C(=O)N[C@@H](CO)Cc1c[nH]c2ccccc12. The average Bonchev–Trinajstić information content (AvgIpc) is 3.27. The smallest absolute Gasteiger partial charge is 0.255 e. The number of benzene rings is 3. The van der Waals surface area contributed by atoms with E-state index in [4.69, 9.17) is 10.00 Å². The van der Waals surface area contributed by atoms with Gasteiger partial charge < -0.3 is 20.1 Å². The van der Waals surface area contributed by atoms with E-state index in [0.717, 1.165) is 33.2 Å². The second-order valence-electron chi connectivity index (χ2n) is 8.09. The normalized spacial score (nSPS) is 11.7. The van der Waals surface area contributed by atoms with Crippen LogP contribution in [0, 0.1) is 11.3 Å². The first-order valence-electron chi connectivity index (χ1n) is 11.3. The van der Waals surface area contributed by atoms with Crippen molar-refractivity contribution in [2.24, 2.45) is 0 Å². The lowest BCUT2D eigenvalue weighted by molar-refractivity contribution is 0.0913. The zero-order chi connectivity index (χ0) is 23.9. The Kier molecular flexibility index (Phi) is 7.26. The van der Waals surface area contributed by atoms with Gasteiger partial charge in [0.05, 0.1) is 37.3 Å². The fraction of sp³-hybridized carbons (Fsp3) is 0.214. The standard InChI is InChI=1S/C28H27N3O3/c1-2-34-27-12-11-21(20-9-7-19(8-10-20)13-14-29)16-25(27)28(33)31-23(18-32)15-22-17-30-26-6-4-3-5-24(22)26/h3-12,16-17,23,30,32H,2,13,15,18H2,1H3,(H,31,33)/t23-/m1/s1. The van der Waals surface area contributed by atoms with E-state index in [1.165, 1.54) is 0 Å². The van der Waals surface area contributed by atoms with Crippen LogP contribution >= 0.6 is 0 Å². The molecule has 1 heterocycles. The Balaban J connectivity index is 1.57. The van der Waals surface area contributed by atoms with E-state index in [2.05, 4.69) is 16.4 Å². The van der Waals surface area contributed by atoms with Gasteiger partial charge >= 0.3 is 0 Å². The predicted molar refractivity (Wildman–Crippen MR) is 133 cm³/mol. The van der Waals surface area contributed by atoms with Gasteiger partial charge in [-0.1, -0.05) is 48.5 Å². The molecule has 0 fully saturated rings. The van der Waals surface area contributed by atoms with Gasteiger partial charge in [-0.25, -0.2) is 0 Å². The zero-order valence-corrected chi connectivity index (χ0v) is 19.0. The van der Waals surface area contributed by atoms with Gasteiger partial charge in [0.25, 0.3) is 5.91 Å². The van der Waals surface area contributed by atoms with Gasteiger partial charge in [0.2, 0.25) is 0 Å². The summed E-state index contributed by atoms with van der Waals surface area (Å²) in [6.07, 6.45) is 2.77. The van der Waals surface area contributed by atoms with Crippen LogP contribution in [0.25, 0.3) is 22.0 Å². The summed E-state index contributed by atoms with van der Waals surface area (Å²) in [6.45, 7) is 2.12. The molecule has 1 atom stereocenters. The van der Waals surface area contributed by atoms with Gasteiger partial charge in [-0.15, -0.1) is 0 Å². The lowest BCUT2D eigenvalue weighted by Gasteiger charge is -2.18. The number of nitriles is 1. The van der Waals surface area contributed by atoms with E-state index in [9.17, 15) is 9.90 Å². The fourth-order valence-electron chi connectivity index (χ4n) is 4.07. The van der Waals surface area contributed by atoms with Crippen molar-refractivity contribution < 1.29 is 14.6 Å². The second kappa shape index (κ2) is 10.7. The number of aromatic nitrogens is 1. The predicted octanol–water partition coefficient (Wildman–Crippen LogP) is 4.63. The third kappa shape index (κ3) is 5.11. The van der Waals surface area contributed by atoms with Crippen molar-refractivity contribution in [3.63, 3.8) is 0 Å². The van der Waals surface area contributed by atoms with Gasteiger partial charge in [-0.3, -0.25) is 4.79 Å². The molecule has 172 valence electrons. The van der Waals surface area contributed by atoms with Gasteiger partial charge in [-0.2, -0.15) is 5.26 Å². The Bertz CT molecular complexity index is 1320. The lowest BCUT2D eigenvalue weighted by Crippen LogP contribution is -2.39. The highest BCUT2D eigenvalue weighted by atomic mass is 16.5. The number of nitrogens with one attached hydrogen (secondary N) is 2. The van der Waals surface area contributed by atoms with Gasteiger partial charge in [0.1, 0.15) is 5.75 Å². The first-order valence-corrected chi connectivity index (χ1v) is 11.3. The van der Waals surface area contributed by atoms with Crippen LogP contribution in [0.5, 0.6) is 5.75 Å². The number of H-pyrrole nitrogens is 1. The number of hydrogen-bond donors (Lipinski definition) is 3. The number of aliphatic hydroxyl groups excluding tert-OH is 1. The third-order valence-corrected chi connectivity index (χ3v) is 5.79. The molecule has 4 rings (SSSR count). The molecule has 0 saturated heterocycles. The number of amides is 1. The summed E-state index contributed by atoms with van der Waals surface area (Å²) in [5.41, 5.74) is 5.22. The van der Waals surface area contributed by atoms with Crippen molar-refractivity contribution in [2.45, 2.75) is 25.8 Å². The van der Waals surface area contributed by atoms with Gasteiger partial charge in [-0.05, 0) is 53.8 Å². The molecule has 6 heteroatoms. The number of ether oxygens (including phenoxy) is 1. The molecule has 0 radical (unpaired) electrons. The van der Waals surface area contributed by atoms with Crippen LogP contribution in [0.15, 0.2) is 72.9 Å². The molecule has 1 amide bonds. The first-order chi connectivity index (χ1) is 16.6. The molecule has 3 N–H and O–H groups in total. The Hall–Kier alpha value is -4.08. The van der Waals surface area contributed by atoms with E-state index < -0.39 is 6.04 Å². The molecule has 1 aromatic heterocycles. The van der Waals surface area contributed by atoms with Crippen LogP contribution in [0.1, 0.15) is 28.4 Å². The molecule has 0 aliphatic heterocycles. The monoisotopic (exact) mass is 453 g/mol. The summed E-state index contributed by atoms with van der Waals surface area (Å²) in [7, 11) is 0. The van der Waals surface area contributed by atoms with E-state index >= 15 is 0 Å². The molecule has 0 bridgehead atoms. The Morgan fingerprint density at radius 2 is 1.88 bits per heavy atom. The summed E-state index contributed by atoms with van der Waals surface area (Å²) in [5.74, 6) is 0.193. The molecule has 34 heavy (non-hydrogen) atoms. The van der Waals surface area contributed by atoms with E-state index in [1.54, 1.807) is 12.1 Å². The van der Waals surface area contributed by atoms with Crippen molar-refractivity contribution in [1.82, 2.24) is 10.3 Å². The van der Waals surface area contributed by atoms with E-state index in [0.29, 0.717) is 30.8 Å². The van der Waals surface area contributed by atoms with Crippen LogP contribution in [0.4, 0.5) is 0 Å². The number of fused-ring (bicyclic) bond motifs is 1. The highest BCUT2D eigenvalue weighted by molar-refractivity contribution is 5.98. The van der Waals surface area contributed by atoms with Crippen molar-refractivity contribution in [2.75, 3.05) is 13.2 Å². The number of para-hydroxylation sites is 1. The van der Waals surface area contributed by atoms with Gasteiger partial charge in [0, 0.05) is 17.1 Å². The van der Waals surface area contributed by atoms with Crippen LogP contribution in [0.3, 0.4) is 0 Å². The Morgan fingerprint density at radius 3 is 2.62 bits per heavy atom. The summed E-state index contributed by atoms with van der Waals surface area (Å²) >= 11 is 0. The summed E-state index contributed by atoms with van der Waals surface area (Å²) in [5, 5.41) is 22.9. The largest absolute Gasteiger partial charge is 0.493 e. The minimum absolute atomic E-state index is 0.185. The second-order valence-corrected chi connectivity index (χ2v) is 8.09. The Morgan fingerprint density at radius 1 is 1.12 bits per heavy atom. The number of carbonyl (C=O) groups is 1. The molecular formula is C28H27N3O3. The maximum absolute atomic E-state index is 13.3. The molecule has 4 aromatic rings. The van der Waals surface area contributed by atoms with E-state index in [1.807, 2.05) is 67.7 Å². The van der Waals surface area contributed by atoms with Crippen LogP contribution in [-0.4, -0.2) is 35.3 Å². The molecule has 6 nitrogen and oxygen atoms in total. The van der Waals surface area contributed by atoms with E-state index in [-0.39, 0.29) is 12.5 Å². The molecule has 0 spiro atoms. The maximum atomic E-state index is 13.3. The van der Waals surface area contributed by atoms with Crippen molar-refractivity contribution in [3.8, 4) is 22.9 Å². The molecule has 0 unspecified atom stereocenters. The van der Waals surface area contributed by atoms with Gasteiger partial charge in [0.15, 0.2) is 0 Å². The average molecular weight is 454 g/mol. The number of carbonyl (C=O) groups excluding carboxylic acids is 1. The highest BCUT2D eigenvalue weighted by Crippen LogP contribution is 2.28. The summed E-state index contributed by atoms with van der Waals surface area (Å²) in [4.78, 5) is 16.5. The van der Waals surface area contributed by atoms with Crippen LogP contribution in [-0.2, 0) is 12.8 Å². The number of aliphatic hydroxyl groups is 1. The molecule has 0 aliphatic rings. The summed E-state index contributed by atoms with van der Waals surface area (Å²) in [6, 6.07) is 22.9. The molecule has 3 aromatic carbocycles. The topological polar surface area (TPSA) is 98.1 Å². The molecule has 0 aliphatic carbocycles. The zero-order valence-electron chi connectivity index (χ0n) is 19.0. The Labute approximate surface area is 198 Å². The highest BCUT2D eigenvalue weighted by Gasteiger charge is 2.19. The van der Waals surface area contributed by atoms with Crippen LogP contribution < -0.4 is 10.1 Å². The van der Waals surface area contributed by atoms with Crippen molar-refractivity contribution in [3.05, 3.63) is 89.6 Å². The number of hydrogen-bond acceptors (Lipinski definition) is 4. The first kappa shape index (κ1) is 23.1. The third-order valence-electron chi connectivity index (χ3n) is 5.79. The minimum Gasteiger partial charge on any atom is -0.493 e. The summed E-state index contributed by atoms with van der Waals surface area (Å²) < 4.78 is 5.71. The quantitative estimate of drug-likeness (QED) is 0.344. The fourth-order valence-corrected chi connectivity index (χ4v) is 4.07. The number of nitrogens with zero attached hydrogens (tertiary/aromatic N) is 1. The maximum Gasteiger partial charge on any atom is 0.255 e. The molecular weight excluding hydrogens is 426 g/mol.